The van der Waals surface area contributed by atoms with Crippen molar-refractivity contribution in [1.29, 1.82) is 0 Å². The molecule has 0 radical (unpaired) electrons. The topological polar surface area (TPSA) is 63.8 Å². The van der Waals surface area contributed by atoms with Crippen LogP contribution in [0.2, 0.25) is 0 Å². The van der Waals surface area contributed by atoms with Crippen molar-refractivity contribution >= 4 is 17.3 Å². The van der Waals surface area contributed by atoms with E-state index in [1.807, 2.05) is 13.8 Å². The molecule has 0 atom stereocenters. The molecular weight excluding hydrogens is 231 g/mol. The minimum atomic E-state index is -0.333. The minimum absolute atomic E-state index is 0.162. The van der Waals surface area contributed by atoms with Gasteiger partial charge in [0.05, 0.1) is 5.69 Å². The van der Waals surface area contributed by atoms with Gasteiger partial charge in [0.1, 0.15) is 23.3 Å². The van der Waals surface area contributed by atoms with Crippen molar-refractivity contribution in [1.82, 2.24) is 9.97 Å². The second-order valence-corrected chi connectivity index (χ2v) is 4.30. The van der Waals surface area contributed by atoms with Gasteiger partial charge in [0.15, 0.2) is 0 Å². The molecule has 2 aromatic rings. The molecular formula is C13H15FN4. The van der Waals surface area contributed by atoms with Crippen molar-refractivity contribution < 1.29 is 4.39 Å². The number of rotatable bonds is 3. The highest BCUT2D eigenvalue weighted by molar-refractivity contribution is 5.59. The Bertz CT molecular complexity index is 554. The van der Waals surface area contributed by atoms with Gasteiger partial charge in [-0.2, -0.15) is 0 Å². The van der Waals surface area contributed by atoms with Gasteiger partial charge in [0.25, 0.3) is 0 Å². The molecule has 0 aliphatic heterocycles. The molecule has 0 saturated carbocycles. The van der Waals surface area contributed by atoms with Gasteiger partial charge >= 0.3 is 0 Å². The molecule has 4 nitrogen and oxygen atoms in total. The summed E-state index contributed by atoms with van der Waals surface area (Å²) in [5.74, 6) is 1.33. The number of para-hydroxylation sites is 1. The maximum atomic E-state index is 13.5. The second-order valence-electron chi connectivity index (χ2n) is 4.30. The van der Waals surface area contributed by atoms with Crippen LogP contribution in [0, 0.1) is 5.82 Å². The van der Waals surface area contributed by atoms with Crippen LogP contribution in [0.5, 0.6) is 0 Å². The molecule has 0 fully saturated rings. The summed E-state index contributed by atoms with van der Waals surface area (Å²) in [5, 5.41) is 2.90. The smallest absolute Gasteiger partial charge is 0.146 e. The number of hydrogen-bond acceptors (Lipinski definition) is 4. The molecule has 94 valence electrons. The Labute approximate surface area is 105 Å². The van der Waals surface area contributed by atoms with E-state index in [0.29, 0.717) is 23.1 Å². The lowest BCUT2D eigenvalue weighted by molar-refractivity contribution is 0.631. The number of anilines is 3. The summed E-state index contributed by atoms with van der Waals surface area (Å²) in [6, 6.07) is 7.99. The first-order valence-electron chi connectivity index (χ1n) is 5.72. The summed E-state index contributed by atoms with van der Waals surface area (Å²) < 4.78 is 13.5. The van der Waals surface area contributed by atoms with Crippen LogP contribution in [0.1, 0.15) is 25.6 Å². The second kappa shape index (κ2) is 5.00. The predicted octanol–water partition coefficient (Wildman–Crippen LogP) is 3.06. The lowest BCUT2D eigenvalue weighted by Gasteiger charge is -2.10. The number of nitrogens with zero attached hydrogens (tertiary/aromatic N) is 2. The van der Waals surface area contributed by atoms with E-state index in [0.717, 1.165) is 0 Å². The Balaban J connectivity index is 2.32. The zero-order valence-electron chi connectivity index (χ0n) is 10.3. The van der Waals surface area contributed by atoms with E-state index in [1.54, 1.807) is 24.3 Å². The molecule has 0 unspecified atom stereocenters. The van der Waals surface area contributed by atoms with E-state index in [4.69, 9.17) is 5.73 Å². The van der Waals surface area contributed by atoms with Crippen LogP contribution in [0.15, 0.2) is 30.3 Å². The minimum Gasteiger partial charge on any atom is -0.384 e. The fourth-order valence-corrected chi connectivity index (χ4v) is 1.51. The third-order valence-corrected chi connectivity index (χ3v) is 2.42. The highest BCUT2D eigenvalue weighted by Gasteiger charge is 2.08. The number of nitrogen functional groups attached to an aromatic ring is 1. The van der Waals surface area contributed by atoms with Crippen molar-refractivity contribution in [3.8, 4) is 0 Å². The monoisotopic (exact) mass is 246 g/mol. The van der Waals surface area contributed by atoms with Crippen LogP contribution in [0.3, 0.4) is 0 Å². The van der Waals surface area contributed by atoms with E-state index >= 15 is 0 Å². The van der Waals surface area contributed by atoms with E-state index in [1.165, 1.54) is 6.07 Å². The maximum Gasteiger partial charge on any atom is 0.146 e. The molecule has 0 spiro atoms. The molecule has 0 amide bonds. The third-order valence-electron chi connectivity index (χ3n) is 2.42. The Kier molecular flexibility index (Phi) is 3.41. The number of halogens is 1. The standard InChI is InChI=1S/C13H15FN4/c1-8(2)13-17-11(15)7-12(18-13)16-10-6-4-3-5-9(10)14/h3-8H,1-2H3,(H3,15,16,17,18). The molecule has 1 aromatic carbocycles. The van der Waals surface area contributed by atoms with Gasteiger partial charge in [0.2, 0.25) is 0 Å². The summed E-state index contributed by atoms with van der Waals surface area (Å²) in [4.78, 5) is 8.43. The first-order valence-corrected chi connectivity index (χ1v) is 5.72. The largest absolute Gasteiger partial charge is 0.384 e. The van der Waals surface area contributed by atoms with E-state index < -0.39 is 0 Å². The first kappa shape index (κ1) is 12.3. The van der Waals surface area contributed by atoms with Crippen molar-refractivity contribution in [2.24, 2.45) is 0 Å². The molecule has 1 aromatic heterocycles. The third kappa shape index (κ3) is 2.74. The molecule has 1 heterocycles. The predicted molar refractivity (Wildman–Crippen MR) is 70.2 cm³/mol. The van der Waals surface area contributed by atoms with Gasteiger partial charge in [-0.25, -0.2) is 14.4 Å². The van der Waals surface area contributed by atoms with Crippen LogP contribution in [0.25, 0.3) is 0 Å². The van der Waals surface area contributed by atoms with Gasteiger partial charge in [-0.05, 0) is 12.1 Å². The van der Waals surface area contributed by atoms with Gasteiger partial charge in [-0.1, -0.05) is 26.0 Å². The Morgan fingerprint density at radius 2 is 1.94 bits per heavy atom. The van der Waals surface area contributed by atoms with Gasteiger partial charge in [0, 0.05) is 12.0 Å². The van der Waals surface area contributed by atoms with Crippen LogP contribution < -0.4 is 11.1 Å². The molecule has 0 bridgehead atoms. The van der Waals surface area contributed by atoms with Crippen molar-refractivity contribution in [2.75, 3.05) is 11.1 Å². The maximum absolute atomic E-state index is 13.5. The van der Waals surface area contributed by atoms with E-state index in [2.05, 4.69) is 15.3 Å². The summed E-state index contributed by atoms with van der Waals surface area (Å²) in [7, 11) is 0. The fourth-order valence-electron chi connectivity index (χ4n) is 1.51. The van der Waals surface area contributed by atoms with Crippen molar-refractivity contribution in [2.45, 2.75) is 19.8 Å². The zero-order chi connectivity index (χ0) is 13.1. The molecule has 0 saturated heterocycles. The Morgan fingerprint density at radius 1 is 1.22 bits per heavy atom. The average Bonchev–Trinajstić information content (AvgIpc) is 2.31. The Hall–Kier alpha value is -2.17. The number of nitrogens with two attached hydrogens (primary N) is 1. The van der Waals surface area contributed by atoms with E-state index in [9.17, 15) is 4.39 Å². The van der Waals surface area contributed by atoms with Crippen LogP contribution in [-0.4, -0.2) is 9.97 Å². The quantitative estimate of drug-likeness (QED) is 0.873. The van der Waals surface area contributed by atoms with E-state index in [-0.39, 0.29) is 11.7 Å². The molecule has 0 aliphatic carbocycles. The normalized spacial score (nSPS) is 10.7. The number of hydrogen-bond donors (Lipinski definition) is 2. The summed E-state index contributed by atoms with van der Waals surface area (Å²) in [6.45, 7) is 3.95. The van der Waals surface area contributed by atoms with Gasteiger partial charge < -0.3 is 11.1 Å². The Morgan fingerprint density at radius 3 is 2.61 bits per heavy atom. The lowest BCUT2D eigenvalue weighted by atomic mass is 10.2. The molecule has 3 N–H and O–H groups in total. The highest BCUT2D eigenvalue weighted by atomic mass is 19.1. The van der Waals surface area contributed by atoms with Gasteiger partial charge in [-0.3, -0.25) is 0 Å². The SMILES string of the molecule is CC(C)c1nc(N)cc(Nc2ccccc2F)n1. The number of nitrogens with one attached hydrogen (secondary N) is 1. The van der Waals surface area contributed by atoms with Crippen LogP contribution in [0.4, 0.5) is 21.7 Å². The summed E-state index contributed by atoms with van der Waals surface area (Å²) >= 11 is 0. The first-order chi connectivity index (χ1) is 8.56. The molecule has 18 heavy (non-hydrogen) atoms. The molecule has 0 aliphatic rings. The lowest BCUT2D eigenvalue weighted by Crippen LogP contribution is -2.05. The fraction of sp³-hybridized carbons (Fsp3) is 0.231. The number of aromatic nitrogens is 2. The van der Waals surface area contributed by atoms with Crippen molar-refractivity contribution in [3.63, 3.8) is 0 Å². The summed E-state index contributed by atoms with van der Waals surface area (Å²) in [6.07, 6.45) is 0. The van der Waals surface area contributed by atoms with Crippen molar-refractivity contribution in [3.05, 3.63) is 42.0 Å². The summed E-state index contributed by atoms with van der Waals surface area (Å²) in [5.41, 5.74) is 6.07. The zero-order valence-corrected chi connectivity index (χ0v) is 10.3. The highest BCUT2D eigenvalue weighted by Crippen LogP contribution is 2.21. The molecule has 5 heteroatoms. The number of benzene rings is 1. The van der Waals surface area contributed by atoms with Gasteiger partial charge in [-0.15, -0.1) is 0 Å². The van der Waals surface area contributed by atoms with Crippen LogP contribution in [-0.2, 0) is 0 Å². The molecule has 2 rings (SSSR count). The van der Waals surface area contributed by atoms with Crippen LogP contribution >= 0.6 is 0 Å². The average molecular weight is 246 g/mol.